The number of hydrogen-bond acceptors (Lipinski definition) is 16. The third kappa shape index (κ3) is 8.72. The van der Waals surface area contributed by atoms with Crippen molar-refractivity contribution < 1.29 is 58.9 Å². The van der Waals surface area contributed by atoms with E-state index in [9.17, 15) is 39.9 Å². The molecule has 59 heavy (non-hydrogen) atoms. The average Bonchev–Trinajstić information content (AvgIpc) is 3.47. The van der Waals surface area contributed by atoms with E-state index in [1.807, 2.05) is 0 Å². The number of aliphatic hydroxyl groups is 2. The highest BCUT2D eigenvalue weighted by Crippen LogP contribution is 2.55. The van der Waals surface area contributed by atoms with Crippen LogP contribution >= 0.6 is 0 Å². The molecule has 0 radical (unpaired) electrons. The van der Waals surface area contributed by atoms with Crippen LogP contribution in [0.5, 0.6) is 23.0 Å². The van der Waals surface area contributed by atoms with Crippen molar-refractivity contribution in [1.82, 2.24) is 9.97 Å². The van der Waals surface area contributed by atoms with Crippen molar-refractivity contribution in [2.75, 3.05) is 17.9 Å². The lowest BCUT2D eigenvalue weighted by atomic mass is 9.78. The van der Waals surface area contributed by atoms with Gasteiger partial charge in [-0.05, 0) is 26.0 Å². The maximum atomic E-state index is 14.4. The summed E-state index contributed by atoms with van der Waals surface area (Å²) in [6.07, 6.45) is 7.36. The van der Waals surface area contributed by atoms with Crippen molar-refractivity contribution in [3.8, 4) is 23.0 Å². The number of fused-ring (bicyclic) bond motifs is 14. The first-order valence-corrected chi connectivity index (χ1v) is 19.0. The van der Waals surface area contributed by atoms with Crippen molar-refractivity contribution in [1.29, 1.82) is 0 Å². The van der Waals surface area contributed by atoms with E-state index in [1.54, 1.807) is 45.9 Å². The number of Topliss-reactive ketones (excluding diaryl/α,β-unsaturated/α-hetero) is 1. The molecule has 0 fully saturated rings. The number of aliphatic hydroxyl groups excluding tert-OH is 2. The Bertz CT molecular complexity index is 2220. The molecular weight excluding hydrogens is 766 g/mol. The Hall–Kier alpha value is -6.04. The molecule has 2 aromatic carbocycles. The molecule has 9 atom stereocenters. The lowest BCUT2D eigenvalue weighted by Crippen LogP contribution is -2.46. The van der Waals surface area contributed by atoms with Crippen LogP contribution in [0.25, 0.3) is 10.8 Å². The highest BCUT2D eigenvalue weighted by atomic mass is 16.7. The number of ketones is 1. The van der Waals surface area contributed by atoms with E-state index in [0.29, 0.717) is 0 Å². The number of aromatic nitrogens is 2. The number of carbonyl (C=O) groups excluding carboxylic acids is 3. The first-order valence-electron chi connectivity index (χ1n) is 19.0. The second-order valence-corrected chi connectivity index (χ2v) is 15.1. The normalized spacial score (nSPS) is 28.0. The quantitative estimate of drug-likeness (QED) is 0.0589. The Kier molecular flexibility index (Phi) is 13.3. The number of methoxy groups -OCH3 is 1. The summed E-state index contributed by atoms with van der Waals surface area (Å²) in [4.78, 5) is 48.4. The van der Waals surface area contributed by atoms with E-state index in [0.717, 1.165) is 6.21 Å². The van der Waals surface area contributed by atoms with Crippen LogP contribution in [-0.4, -0.2) is 96.7 Å². The zero-order valence-corrected chi connectivity index (χ0v) is 34.3. The number of aromatic hydroxyl groups is 3. The summed E-state index contributed by atoms with van der Waals surface area (Å²) in [5, 5.41) is 64.1. The number of ether oxygens (including phenoxy) is 4. The lowest BCUT2D eigenvalue weighted by Gasteiger charge is -2.38. The van der Waals surface area contributed by atoms with Crippen LogP contribution in [0.2, 0.25) is 0 Å². The minimum Gasteiger partial charge on any atom is -0.507 e. The molecule has 17 nitrogen and oxygen atoms in total. The number of hydrazone groups is 1. The topological polar surface area (TPSA) is 251 Å². The fourth-order valence-electron chi connectivity index (χ4n) is 7.38. The lowest BCUT2D eigenvalue weighted by molar-refractivity contribution is -0.160. The van der Waals surface area contributed by atoms with Crippen LogP contribution in [0.1, 0.15) is 70.0 Å². The van der Waals surface area contributed by atoms with Gasteiger partial charge < -0.3 is 49.8 Å². The van der Waals surface area contributed by atoms with E-state index >= 15 is 0 Å². The second-order valence-electron chi connectivity index (χ2n) is 15.1. The van der Waals surface area contributed by atoms with Crippen LogP contribution in [0.15, 0.2) is 59.7 Å². The largest absolute Gasteiger partial charge is 0.507 e. The number of nitrogens with one attached hydrogen (secondary N) is 2. The summed E-state index contributed by atoms with van der Waals surface area (Å²) in [5.41, 5.74) is 1.88. The summed E-state index contributed by atoms with van der Waals surface area (Å²) in [7, 11) is 1.42. The Morgan fingerprint density at radius 2 is 1.64 bits per heavy atom. The molecule has 0 aliphatic carbocycles. The van der Waals surface area contributed by atoms with Crippen LogP contribution in [0, 0.1) is 30.6 Å². The number of benzene rings is 2. The first-order chi connectivity index (χ1) is 27.8. The predicted molar refractivity (Wildman–Crippen MR) is 217 cm³/mol. The monoisotopic (exact) mass is 817 g/mol. The number of nitrogens with zero attached hydrogens (tertiary/aromatic N) is 3. The minimum atomic E-state index is -2.08. The number of phenolic OH excluding ortho intramolecular Hbond substituents is 3. The molecule has 1 aromatic heterocycles. The number of hydrogen-bond donors (Lipinski definition) is 7. The molecule has 5 bridgehead atoms. The second kappa shape index (κ2) is 17.8. The summed E-state index contributed by atoms with van der Waals surface area (Å²) < 4.78 is 23.5. The Labute approximate surface area is 341 Å². The van der Waals surface area contributed by atoms with Gasteiger partial charge in [-0.25, -0.2) is 15.4 Å². The van der Waals surface area contributed by atoms with Gasteiger partial charge in [0.05, 0.1) is 53.0 Å². The van der Waals surface area contributed by atoms with Gasteiger partial charge in [0.2, 0.25) is 5.95 Å². The Balaban J connectivity index is 1.71. The van der Waals surface area contributed by atoms with Gasteiger partial charge >= 0.3 is 11.8 Å². The fraction of sp³-hybridized carbons (Fsp3) is 0.429. The summed E-state index contributed by atoms with van der Waals surface area (Å²) in [6, 6.07) is 1.59. The van der Waals surface area contributed by atoms with Crippen LogP contribution in [0.3, 0.4) is 0 Å². The fourth-order valence-corrected chi connectivity index (χ4v) is 7.38. The van der Waals surface area contributed by atoms with Crippen LogP contribution in [0.4, 0.5) is 11.6 Å². The molecule has 0 saturated carbocycles. The molecule has 3 aliphatic heterocycles. The van der Waals surface area contributed by atoms with Gasteiger partial charge in [-0.2, -0.15) is 5.10 Å². The van der Waals surface area contributed by atoms with Crippen molar-refractivity contribution in [3.63, 3.8) is 0 Å². The third-order valence-electron chi connectivity index (χ3n) is 11.0. The number of allylic oxidation sites excluding steroid dienone is 2. The first kappa shape index (κ1) is 44.1. The third-order valence-corrected chi connectivity index (χ3v) is 11.0. The molecule has 3 aromatic rings. The van der Waals surface area contributed by atoms with E-state index in [-0.39, 0.29) is 50.4 Å². The van der Waals surface area contributed by atoms with Gasteiger partial charge in [-0.1, -0.05) is 45.9 Å². The van der Waals surface area contributed by atoms with Gasteiger partial charge in [0, 0.05) is 73.5 Å². The van der Waals surface area contributed by atoms with Gasteiger partial charge in [-0.3, -0.25) is 14.4 Å². The van der Waals surface area contributed by atoms with Gasteiger partial charge in [-0.15, -0.1) is 0 Å². The zero-order valence-electron chi connectivity index (χ0n) is 34.3. The maximum absolute atomic E-state index is 14.4. The summed E-state index contributed by atoms with van der Waals surface area (Å²) in [6.45, 7) is 12.4. The van der Waals surface area contributed by atoms with Gasteiger partial charge in [0.1, 0.15) is 23.4 Å². The molecule has 0 saturated heterocycles. The Morgan fingerprint density at radius 3 is 2.29 bits per heavy atom. The molecule has 6 rings (SSSR count). The van der Waals surface area contributed by atoms with E-state index < -0.39 is 88.8 Å². The number of carbonyl (C=O) groups is 3. The standard InChI is InChI=1S/C42H51N5O12/c1-19-12-10-13-20(2)40(55)46-31-26(18-45-47-41-43-15-11-16-44-41)35(52)28-29(36(31)53)34(51)24(6)38-30(28)39(54)42(8,59-38)57-17-14-27(56-9)21(3)37(58-25(7)48)23(5)33(50)22(4)32(19)49/h10-19,21-23,27,32-33,37,49-53H,1-9H3,(H,46,55)(H,43,44,47). The molecule has 3 aliphatic rings. The van der Waals surface area contributed by atoms with Gasteiger partial charge in [0.15, 0.2) is 5.75 Å². The van der Waals surface area contributed by atoms with Crippen molar-refractivity contribution in [2.24, 2.45) is 28.8 Å². The maximum Gasteiger partial charge on any atom is 0.312 e. The predicted octanol–water partition coefficient (Wildman–Crippen LogP) is 4.99. The Morgan fingerprint density at radius 1 is 0.966 bits per heavy atom. The van der Waals surface area contributed by atoms with Crippen LogP contribution in [-0.2, 0) is 23.8 Å². The molecule has 4 heterocycles. The molecule has 1 amide bonds. The van der Waals surface area contributed by atoms with Crippen molar-refractivity contribution in [3.05, 3.63) is 71.3 Å². The van der Waals surface area contributed by atoms with Crippen molar-refractivity contribution >= 4 is 46.3 Å². The molecule has 7 N–H and O–H groups in total. The van der Waals surface area contributed by atoms with Crippen molar-refractivity contribution in [2.45, 2.75) is 85.6 Å². The number of rotatable bonds is 5. The molecular formula is C42H51N5O12. The van der Waals surface area contributed by atoms with Gasteiger partial charge in [0.25, 0.3) is 11.7 Å². The number of phenols is 3. The summed E-state index contributed by atoms with van der Waals surface area (Å²) >= 11 is 0. The van der Waals surface area contributed by atoms with Crippen LogP contribution < -0.4 is 15.5 Å². The highest BCUT2D eigenvalue weighted by molar-refractivity contribution is 6.23. The summed E-state index contributed by atoms with van der Waals surface area (Å²) in [5.74, 6) is -8.73. The average molecular weight is 818 g/mol. The van der Waals surface area contributed by atoms with E-state index in [2.05, 4.69) is 25.8 Å². The minimum absolute atomic E-state index is 0.0193. The molecule has 17 heteroatoms. The number of esters is 1. The van der Waals surface area contributed by atoms with E-state index in [1.165, 1.54) is 65.6 Å². The molecule has 9 unspecified atom stereocenters. The zero-order chi connectivity index (χ0) is 43.5. The number of anilines is 2. The number of amides is 1. The SMILES string of the molecule is COC1C=COC2(C)Oc3c(C)c(O)c4c(O)c(c(C=NNc5ncccn5)c(O)c4c3C2=O)NC(=O)C(C)=CC=CC(C)C(O)C(C)C(O)C(C)C(OC(C)=O)C1C. The smallest absolute Gasteiger partial charge is 0.312 e. The highest BCUT2D eigenvalue weighted by Gasteiger charge is 2.50. The molecule has 0 spiro atoms. The molecule has 316 valence electrons. The van der Waals surface area contributed by atoms with E-state index in [4.69, 9.17) is 18.9 Å².